The maximum atomic E-state index is 4.02. The maximum Gasteiger partial charge on any atom is 0.105 e. The number of benzene rings is 1. The molecule has 0 bridgehead atoms. The first-order valence-electron chi connectivity index (χ1n) is 4.32. The van der Waals surface area contributed by atoms with Crippen LogP contribution in [0.15, 0.2) is 29.6 Å². The van der Waals surface area contributed by atoms with Gasteiger partial charge < -0.3 is 0 Å². The Hall–Kier alpha value is -0.740. The standard InChI is InChI=1S/C10H9BrN2S/c11-6-5-8-1-3-9(4-2-8)10-7-14-13-12-10/h1-4,7H,5-6H2. The summed E-state index contributed by atoms with van der Waals surface area (Å²) in [4.78, 5) is 0. The Morgan fingerprint density at radius 3 is 2.57 bits per heavy atom. The van der Waals surface area contributed by atoms with Gasteiger partial charge in [0.15, 0.2) is 0 Å². The zero-order valence-electron chi connectivity index (χ0n) is 7.48. The Bertz CT molecular complexity index is 383. The lowest BCUT2D eigenvalue weighted by atomic mass is 10.1. The zero-order chi connectivity index (χ0) is 9.80. The second kappa shape index (κ2) is 4.66. The number of hydrogen-bond acceptors (Lipinski definition) is 3. The molecule has 0 atom stereocenters. The molecule has 2 nitrogen and oxygen atoms in total. The van der Waals surface area contributed by atoms with E-state index in [0.717, 1.165) is 23.0 Å². The summed E-state index contributed by atoms with van der Waals surface area (Å²) in [6.45, 7) is 0. The quantitative estimate of drug-likeness (QED) is 0.800. The van der Waals surface area contributed by atoms with Crippen molar-refractivity contribution in [2.45, 2.75) is 6.42 Å². The van der Waals surface area contributed by atoms with Gasteiger partial charge in [0.2, 0.25) is 0 Å². The summed E-state index contributed by atoms with van der Waals surface area (Å²) in [5.74, 6) is 0. The predicted molar refractivity (Wildman–Crippen MR) is 62.8 cm³/mol. The lowest BCUT2D eigenvalue weighted by molar-refractivity contribution is 1.15. The normalized spacial score (nSPS) is 10.4. The van der Waals surface area contributed by atoms with Crippen LogP contribution in [0.2, 0.25) is 0 Å². The molecule has 0 unspecified atom stereocenters. The lowest BCUT2D eigenvalue weighted by Gasteiger charge is -1.99. The molecule has 4 heteroatoms. The fraction of sp³-hybridized carbons (Fsp3) is 0.200. The van der Waals surface area contributed by atoms with Crippen molar-refractivity contribution in [1.82, 2.24) is 9.59 Å². The van der Waals surface area contributed by atoms with Gasteiger partial charge in [-0.05, 0) is 23.5 Å². The predicted octanol–water partition coefficient (Wildman–Crippen LogP) is 3.14. The molecular formula is C10H9BrN2S. The van der Waals surface area contributed by atoms with Crippen molar-refractivity contribution in [1.29, 1.82) is 0 Å². The molecule has 0 radical (unpaired) electrons. The van der Waals surface area contributed by atoms with Crippen molar-refractivity contribution in [3.8, 4) is 11.3 Å². The topological polar surface area (TPSA) is 25.8 Å². The third-order valence-corrected chi connectivity index (χ3v) is 2.89. The van der Waals surface area contributed by atoms with Gasteiger partial charge in [-0.25, -0.2) is 0 Å². The van der Waals surface area contributed by atoms with E-state index in [9.17, 15) is 0 Å². The zero-order valence-corrected chi connectivity index (χ0v) is 9.88. The van der Waals surface area contributed by atoms with Gasteiger partial charge in [-0.1, -0.05) is 44.7 Å². The Morgan fingerprint density at radius 1 is 1.21 bits per heavy atom. The number of nitrogens with zero attached hydrogens (tertiary/aromatic N) is 2. The van der Waals surface area contributed by atoms with Crippen LogP contribution in [0.1, 0.15) is 5.56 Å². The van der Waals surface area contributed by atoms with Crippen molar-refractivity contribution in [3.63, 3.8) is 0 Å². The molecule has 0 N–H and O–H groups in total. The molecule has 1 heterocycles. The van der Waals surface area contributed by atoms with E-state index in [2.05, 4.69) is 49.8 Å². The van der Waals surface area contributed by atoms with Crippen LogP contribution in [0, 0.1) is 0 Å². The van der Waals surface area contributed by atoms with E-state index in [1.165, 1.54) is 17.1 Å². The summed E-state index contributed by atoms with van der Waals surface area (Å²) in [5.41, 5.74) is 3.44. The van der Waals surface area contributed by atoms with E-state index >= 15 is 0 Å². The third kappa shape index (κ3) is 2.19. The molecule has 0 saturated carbocycles. The summed E-state index contributed by atoms with van der Waals surface area (Å²) in [7, 11) is 0. The minimum absolute atomic E-state index is 0.959. The van der Waals surface area contributed by atoms with E-state index in [1.54, 1.807) is 0 Å². The van der Waals surface area contributed by atoms with Gasteiger partial charge in [0, 0.05) is 16.3 Å². The van der Waals surface area contributed by atoms with Gasteiger partial charge in [0.05, 0.1) is 0 Å². The Morgan fingerprint density at radius 2 is 2.00 bits per heavy atom. The first-order valence-corrected chi connectivity index (χ1v) is 6.28. The maximum absolute atomic E-state index is 4.02. The second-order valence-corrected chi connectivity index (χ2v) is 4.33. The minimum atomic E-state index is 0.959. The molecule has 0 aliphatic rings. The van der Waals surface area contributed by atoms with E-state index in [0.29, 0.717) is 0 Å². The molecule has 0 aliphatic heterocycles. The largest absolute Gasteiger partial charge is 0.138 e. The van der Waals surface area contributed by atoms with Crippen molar-refractivity contribution >= 4 is 27.5 Å². The Balaban J connectivity index is 2.22. The van der Waals surface area contributed by atoms with Gasteiger partial charge in [0.25, 0.3) is 0 Å². The Labute approximate surface area is 95.3 Å². The SMILES string of the molecule is BrCCc1ccc(-c2csnn2)cc1. The smallest absolute Gasteiger partial charge is 0.105 e. The molecule has 0 aliphatic carbocycles. The van der Waals surface area contributed by atoms with Crippen LogP contribution in [0.5, 0.6) is 0 Å². The average Bonchev–Trinajstić information content (AvgIpc) is 2.72. The number of aryl methyl sites for hydroxylation is 1. The van der Waals surface area contributed by atoms with Crippen molar-refractivity contribution < 1.29 is 0 Å². The molecule has 0 saturated heterocycles. The minimum Gasteiger partial charge on any atom is -0.138 e. The molecule has 0 fully saturated rings. The first-order chi connectivity index (χ1) is 6.90. The fourth-order valence-corrected chi connectivity index (χ4v) is 2.16. The average molecular weight is 269 g/mol. The molecule has 2 aromatic rings. The Kier molecular flexibility index (Phi) is 3.26. The lowest BCUT2D eigenvalue weighted by Crippen LogP contribution is -1.85. The highest BCUT2D eigenvalue weighted by Gasteiger charge is 2.00. The van der Waals surface area contributed by atoms with E-state index in [1.807, 2.05) is 5.38 Å². The van der Waals surface area contributed by atoms with Crippen LogP contribution < -0.4 is 0 Å². The highest BCUT2D eigenvalue weighted by atomic mass is 79.9. The van der Waals surface area contributed by atoms with Crippen LogP contribution in [0.3, 0.4) is 0 Å². The molecule has 2 rings (SSSR count). The van der Waals surface area contributed by atoms with E-state index in [-0.39, 0.29) is 0 Å². The molecule has 1 aromatic carbocycles. The molecule has 1 aromatic heterocycles. The highest BCUT2D eigenvalue weighted by molar-refractivity contribution is 9.09. The summed E-state index contributed by atoms with van der Waals surface area (Å²) < 4.78 is 3.84. The molecule has 0 amide bonds. The van der Waals surface area contributed by atoms with Gasteiger partial charge >= 0.3 is 0 Å². The van der Waals surface area contributed by atoms with Crippen LogP contribution in [0.25, 0.3) is 11.3 Å². The monoisotopic (exact) mass is 268 g/mol. The third-order valence-electron chi connectivity index (χ3n) is 1.99. The van der Waals surface area contributed by atoms with Gasteiger partial charge in [-0.3, -0.25) is 0 Å². The van der Waals surface area contributed by atoms with Gasteiger partial charge in [0.1, 0.15) is 5.69 Å². The number of halogens is 1. The van der Waals surface area contributed by atoms with Crippen molar-refractivity contribution in [2.75, 3.05) is 5.33 Å². The van der Waals surface area contributed by atoms with Crippen LogP contribution in [-0.4, -0.2) is 14.9 Å². The molecule has 0 spiro atoms. The molecule has 14 heavy (non-hydrogen) atoms. The number of hydrogen-bond donors (Lipinski definition) is 0. The molecule has 72 valence electrons. The first kappa shape index (κ1) is 9.80. The molecular weight excluding hydrogens is 260 g/mol. The summed E-state index contributed by atoms with van der Waals surface area (Å²) in [6.07, 6.45) is 1.07. The number of alkyl halides is 1. The second-order valence-electron chi connectivity index (χ2n) is 2.93. The summed E-state index contributed by atoms with van der Waals surface area (Å²) in [6, 6.07) is 8.45. The summed E-state index contributed by atoms with van der Waals surface area (Å²) in [5, 5.41) is 6.98. The van der Waals surface area contributed by atoms with Gasteiger partial charge in [-0.15, -0.1) is 5.10 Å². The van der Waals surface area contributed by atoms with Gasteiger partial charge in [-0.2, -0.15) is 0 Å². The van der Waals surface area contributed by atoms with Crippen LogP contribution in [0.4, 0.5) is 0 Å². The number of aromatic nitrogens is 2. The number of rotatable bonds is 3. The van der Waals surface area contributed by atoms with Crippen molar-refractivity contribution in [3.05, 3.63) is 35.2 Å². The fourth-order valence-electron chi connectivity index (χ4n) is 1.24. The van der Waals surface area contributed by atoms with E-state index < -0.39 is 0 Å². The summed E-state index contributed by atoms with van der Waals surface area (Å²) >= 11 is 4.80. The van der Waals surface area contributed by atoms with E-state index in [4.69, 9.17) is 0 Å². The highest BCUT2D eigenvalue weighted by Crippen LogP contribution is 2.18. The van der Waals surface area contributed by atoms with Crippen LogP contribution >= 0.6 is 27.5 Å². The van der Waals surface area contributed by atoms with Crippen LogP contribution in [-0.2, 0) is 6.42 Å². The van der Waals surface area contributed by atoms with Crippen molar-refractivity contribution in [2.24, 2.45) is 0 Å².